The summed E-state index contributed by atoms with van der Waals surface area (Å²) in [6, 6.07) is 7.87. The van der Waals surface area contributed by atoms with Crippen LogP contribution >= 0.6 is 11.3 Å². The van der Waals surface area contributed by atoms with E-state index in [1.165, 1.54) is 11.3 Å². The number of rotatable bonds is 5. The Morgan fingerprint density at radius 2 is 2.15 bits per heavy atom. The lowest BCUT2D eigenvalue weighted by atomic mass is 9.85. The van der Waals surface area contributed by atoms with E-state index in [-0.39, 0.29) is 31.0 Å². The minimum atomic E-state index is -0.0463. The summed E-state index contributed by atoms with van der Waals surface area (Å²) in [5.41, 5.74) is 4.33. The van der Waals surface area contributed by atoms with Gasteiger partial charge in [0.05, 0.1) is 16.5 Å². The maximum atomic E-state index is 12.7. The lowest BCUT2D eigenvalue weighted by Gasteiger charge is -2.31. The molecule has 1 aliphatic carbocycles. The molecule has 0 spiro atoms. The van der Waals surface area contributed by atoms with Gasteiger partial charge in [-0.3, -0.25) is 4.79 Å². The predicted octanol–water partition coefficient (Wildman–Crippen LogP) is 2.83. The number of hydrogen-bond donors (Lipinski definition) is 2. The number of nitrogens with zero attached hydrogens (tertiary/aromatic N) is 3. The molecule has 0 saturated heterocycles. The van der Waals surface area contributed by atoms with Crippen molar-refractivity contribution in [1.82, 2.24) is 19.9 Å². The molecule has 1 amide bonds. The summed E-state index contributed by atoms with van der Waals surface area (Å²) in [5.74, 6) is 0.824. The molecule has 0 unspecified atom stereocenters. The average Bonchev–Trinajstić information content (AvgIpc) is 3.30. The number of imidazole rings is 1. The smallest absolute Gasteiger partial charge is 0.240 e. The highest BCUT2D eigenvalue weighted by molar-refractivity contribution is 7.07. The number of fused-ring (bicyclic) bond motifs is 1. The number of carbonyl (C=O) groups is 1. The van der Waals surface area contributed by atoms with Crippen LogP contribution in [0.2, 0.25) is 0 Å². The van der Waals surface area contributed by atoms with Gasteiger partial charge in [-0.1, -0.05) is 25.0 Å². The normalized spacial score (nSPS) is 20.3. The Bertz CT molecular complexity index is 890. The SMILES string of the molecule is O=C(Cn1c(-c2cscn2)nc2ccccc21)N[C@@H]1CCCC[C@@H]1CO. The number of aliphatic hydroxyl groups is 1. The van der Waals surface area contributed by atoms with Crippen LogP contribution in [0.1, 0.15) is 25.7 Å². The zero-order chi connectivity index (χ0) is 17.9. The van der Waals surface area contributed by atoms with Crippen LogP contribution in [0.4, 0.5) is 0 Å². The van der Waals surface area contributed by atoms with Crippen molar-refractivity contribution in [3.8, 4) is 11.5 Å². The summed E-state index contributed by atoms with van der Waals surface area (Å²) < 4.78 is 1.93. The molecule has 4 rings (SSSR count). The predicted molar refractivity (Wildman–Crippen MR) is 102 cm³/mol. The first-order chi connectivity index (χ1) is 12.8. The van der Waals surface area contributed by atoms with Crippen molar-refractivity contribution in [2.24, 2.45) is 5.92 Å². The fourth-order valence-electron chi connectivity index (χ4n) is 3.77. The molecule has 1 saturated carbocycles. The van der Waals surface area contributed by atoms with E-state index < -0.39 is 0 Å². The highest BCUT2D eigenvalue weighted by Crippen LogP contribution is 2.26. The second-order valence-electron chi connectivity index (χ2n) is 6.79. The standard InChI is InChI=1S/C19H22N4O2S/c24-10-13-5-1-2-6-14(13)21-18(25)9-23-17-8-4-3-7-15(17)22-19(23)16-11-26-12-20-16/h3-4,7-8,11-14,24H,1-2,5-6,9-10H2,(H,21,25)/t13-,14-/m1/s1. The van der Waals surface area contributed by atoms with Gasteiger partial charge < -0.3 is 15.0 Å². The minimum absolute atomic E-state index is 0.0463. The molecule has 1 aromatic carbocycles. The minimum Gasteiger partial charge on any atom is -0.396 e. The summed E-state index contributed by atoms with van der Waals surface area (Å²) in [6.45, 7) is 0.324. The van der Waals surface area contributed by atoms with Gasteiger partial charge >= 0.3 is 0 Å². The van der Waals surface area contributed by atoms with E-state index >= 15 is 0 Å². The number of aliphatic hydroxyl groups excluding tert-OH is 1. The third-order valence-electron chi connectivity index (χ3n) is 5.11. The molecule has 3 aromatic rings. The molecule has 0 aliphatic heterocycles. The Kier molecular flexibility index (Phi) is 4.99. The van der Waals surface area contributed by atoms with Gasteiger partial charge in [-0.15, -0.1) is 11.3 Å². The van der Waals surface area contributed by atoms with Gasteiger partial charge in [0.15, 0.2) is 5.82 Å². The maximum Gasteiger partial charge on any atom is 0.240 e. The van der Waals surface area contributed by atoms with Gasteiger partial charge in [-0.25, -0.2) is 9.97 Å². The Labute approximate surface area is 155 Å². The van der Waals surface area contributed by atoms with E-state index in [4.69, 9.17) is 0 Å². The fraction of sp³-hybridized carbons (Fsp3) is 0.421. The van der Waals surface area contributed by atoms with E-state index in [0.717, 1.165) is 42.4 Å². The van der Waals surface area contributed by atoms with Gasteiger partial charge in [0.25, 0.3) is 0 Å². The van der Waals surface area contributed by atoms with E-state index in [9.17, 15) is 9.90 Å². The Morgan fingerprint density at radius 3 is 2.96 bits per heavy atom. The van der Waals surface area contributed by atoms with Crippen LogP contribution in [-0.4, -0.2) is 38.2 Å². The van der Waals surface area contributed by atoms with Crippen molar-refractivity contribution < 1.29 is 9.90 Å². The first-order valence-electron chi connectivity index (χ1n) is 9.00. The fourth-order valence-corrected chi connectivity index (χ4v) is 4.30. The number of hydrogen-bond acceptors (Lipinski definition) is 5. The van der Waals surface area contributed by atoms with E-state index in [0.29, 0.717) is 5.82 Å². The van der Waals surface area contributed by atoms with Crippen molar-refractivity contribution >= 4 is 28.3 Å². The van der Waals surface area contributed by atoms with Crippen molar-refractivity contribution in [3.63, 3.8) is 0 Å². The van der Waals surface area contributed by atoms with Crippen molar-refractivity contribution in [3.05, 3.63) is 35.2 Å². The summed E-state index contributed by atoms with van der Waals surface area (Å²) in [7, 11) is 0. The number of thiazole rings is 1. The van der Waals surface area contributed by atoms with Crippen LogP contribution in [0.5, 0.6) is 0 Å². The van der Waals surface area contributed by atoms with Gasteiger partial charge in [0.1, 0.15) is 12.2 Å². The monoisotopic (exact) mass is 370 g/mol. The molecular weight excluding hydrogens is 348 g/mol. The first-order valence-corrected chi connectivity index (χ1v) is 9.94. The third-order valence-corrected chi connectivity index (χ3v) is 5.69. The van der Waals surface area contributed by atoms with Crippen LogP contribution < -0.4 is 5.32 Å². The summed E-state index contributed by atoms with van der Waals surface area (Å²) in [5, 5.41) is 14.6. The first kappa shape index (κ1) is 17.2. The number of nitrogens with one attached hydrogen (secondary N) is 1. The van der Waals surface area contributed by atoms with Gasteiger partial charge in [0.2, 0.25) is 5.91 Å². The molecule has 2 heterocycles. The number of amides is 1. The summed E-state index contributed by atoms with van der Waals surface area (Å²) >= 11 is 1.51. The van der Waals surface area contributed by atoms with Crippen LogP contribution in [0, 0.1) is 5.92 Å². The molecular formula is C19H22N4O2S. The quantitative estimate of drug-likeness (QED) is 0.724. The second kappa shape index (κ2) is 7.55. The van der Waals surface area contributed by atoms with E-state index in [1.54, 1.807) is 5.51 Å². The Morgan fingerprint density at radius 1 is 1.31 bits per heavy atom. The topological polar surface area (TPSA) is 80.0 Å². The molecule has 0 bridgehead atoms. The van der Waals surface area contributed by atoms with E-state index in [2.05, 4.69) is 15.3 Å². The third kappa shape index (κ3) is 3.37. The molecule has 7 heteroatoms. The van der Waals surface area contributed by atoms with Crippen LogP contribution in [0.3, 0.4) is 0 Å². The summed E-state index contributed by atoms with van der Waals surface area (Å²) in [4.78, 5) is 21.8. The van der Waals surface area contributed by atoms with Crippen molar-refractivity contribution in [2.45, 2.75) is 38.3 Å². The number of benzene rings is 1. The van der Waals surface area contributed by atoms with Crippen molar-refractivity contribution in [2.75, 3.05) is 6.61 Å². The number of carbonyl (C=O) groups excluding carboxylic acids is 1. The van der Waals surface area contributed by atoms with Crippen LogP contribution in [0.15, 0.2) is 35.2 Å². The highest BCUT2D eigenvalue weighted by Gasteiger charge is 2.26. The van der Waals surface area contributed by atoms with Crippen LogP contribution in [-0.2, 0) is 11.3 Å². The van der Waals surface area contributed by atoms with E-state index in [1.807, 2.05) is 34.2 Å². The van der Waals surface area contributed by atoms with Gasteiger partial charge in [-0.05, 0) is 25.0 Å². The molecule has 2 atom stereocenters. The zero-order valence-corrected chi connectivity index (χ0v) is 15.3. The molecule has 26 heavy (non-hydrogen) atoms. The molecule has 136 valence electrons. The number of para-hydroxylation sites is 2. The lowest BCUT2D eigenvalue weighted by Crippen LogP contribution is -2.44. The van der Waals surface area contributed by atoms with Gasteiger partial charge in [-0.2, -0.15) is 0 Å². The Balaban J connectivity index is 1.60. The largest absolute Gasteiger partial charge is 0.396 e. The molecule has 0 radical (unpaired) electrons. The van der Waals surface area contributed by atoms with Crippen LogP contribution in [0.25, 0.3) is 22.6 Å². The lowest BCUT2D eigenvalue weighted by molar-refractivity contribution is -0.123. The molecule has 1 fully saturated rings. The highest BCUT2D eigenvalue weighted by atomic mass is 32.1. The Hall–Kier alpha value is -2.25. The molecule has 6 nitrogen and oxygen atoms in total. The average molecular weight is 370 g/mol. The maximum absolute atomic E-state index is 12.7. The molecule has 1 aliphatic rings. The van der Waals surface area contributed by atoms with Gasteiger partial charge in [0, 0.05) is 23.9 Å². The summed E-state index contributed by atoms with van der Waals surface area (Å²) in [6.07, 6.45) is 4.12. The molecule has 2 N–H and O–H groups in total. The molecule has 2 aromatic heterocycles. The van der Waals surface area contributed by atoms with Crippen molar-refractivity contribution in [1.29, 1.82) is 0 Å². The zero-order valence-electron chi connectivity index (χ0n) is 14.5. The number of aromatic nitrogens is 3. The second-order valence-corrected chi connectivity index (χ2v) is 7.50.